The molecule has 108 valence electrons. The quantitative estimate of drug-likeness (QED) is 0.614. The number of halogens is 1. The molecule has 2 aromatic carbocycles. The van der Waals surface area contributed by atoms with Crippen LogP contribution in [0.15, 0.2) is 48.5 Å². The van der Waals surface area contributed by atoms with Crippen LogP contribution in [0.3, 0.4) is 0 Å². The maximum Gasteiger partial charge on any atom is 0.409 e. The van der Waals surface area contributed by atoms with Crippen LogP contribution in [0.25, 0.3) is 0 Å². The Morgan fingerprint density at radius 2 is 1.48 bits per heavy atom. The van der Waals surface area contributed by atoms with Gasteiger partial charge in [-0.05, 0) is 23.3 Å². The third kappa shape index (κ3) is 3.50. The first-order valence-corrected chi connectivity index (χ1v) is 6.85. The predicted molar refractivity (Wildman–Crippen MR) is 82.3 cm³/mol. The molecule has 21 heavy (non-hydrogen) atoms. The lowest BCUT2D eigenvalue weighted by Crippen LogP contribution is -2.18. The molecule has 0 aliphatic rings. The highest BCUT2D eigenvalue weighted by Crippen LogP contribution is 2.32. The summed E-state index contributed by atoms with van der Waals surface area (Å²) < 4.78 is 4.81. The minimum Gasteiger partial charge on any atom is -0.415 e. The van der Waals surface area contributed by atoms with Gasteiger partial charge in [-0.1, -0.05) is 50.2 Å². The molecule has 0 saturated carbocycles. The molecule has 0 unspecified atom stereocenters. The van der Waals surface area contributed by atoms with Crippen LogP contribution in [0.2, 0.25) is 0 Å². The SMILES string of the molecule is CC(C)(c1ccc(C=O)cc1)c1ccc(OC(=O)Cl)cc1. The minimum atomic E-state index is -0.855. The maximum absolute atomic E-state index is 10.7. The van der Waals surface area contributed by atoms with E-state index in [4.69, 9.17) is 16.3 Å². The van der Waals surface area contributed by atoms with Crippen LogP contribution in [0.4, 0.5) is 4.79 Å². The molecule has 4 heteroatoms. The summed E-state index contributed by atoms with van der Waals surface area (Å²) in [6.07, 6.45) is 0.825. The monoisotopic (exact) mass is 302 g/mol. The van der Waals surface area contributed by atoms with Crippen LogP contribution in [-0.4, -0.2) is 11.7 Å². The fourth-order valence-electron chi connectivity index (χ4n) is 2.18. The Morgan fingerprint density at radius 3 is 1.90 bits per heavy atom. The smallest absolute Gasteiger partial charge is 0.409 e. The first-order chi connectivity index (χ1) is 9.93. The molecule has 0 spiro atoms. The topological polar surface area (TPSA) is 43.4 Å². The third-order valence-corrected chi connectivity index (χ3v) is 3.62. The van der Waals surface area contributed by atoms with Crippen molar-refractivity contribution in [3.8, 4) is 5.75 Å². The first-order valence-electron chi connectivity index (χ1n) is 6.47. The third-order valence-electron chi connectivity index (χ3n) is 3.54. The minimum absolute atomic E-state index is 0.231. The van der Waals surface area contributed by atoms with E-state index in [1.807, 2.05) is 24.3 Å². The van der Waals surface area contributed by atoms with Gasteiger partial charge >= 0.3 is 5.43 Å². The number of hydrogen-bond donors (Lipinski definition) is 0. The Morgan fingerprint density at radius 1 is 1.00 bits per heavy atom. The number of hydrogen-bond acceptors (Lipinski definition) is 3. The van der Waals surface area contributed by atoms with Gasteiger partial charge in [0.25, 0.3) is 0 Å². The summed E-state index contributed by atoms with van der Waals surface area (Å²) in [6, 6.07) is 14.7. The highest BCUT2D eigenvalue weighted by Gasteiger charge is 2.23. The fraction of sp³-hybridized carbons (Fsp3) is 0.176. The summed E-state index contributed by atoms with van der Waals surface area (Å²) in [6.45, 7) is 4.18. The van der Waals surface area contributed by atoms with E-state index in [-0.39, 0.29) is 5.41 Å². The van der Waals surface area contributed by atoms with E-state index in [0.29, 0.717) is 11.3 Å². The number of benzene rings is 2. The number of carbonyl (C=O) groups excluding carboxylic acids is 2. The van der Waals surface area contributed by atoms with Crippen LogP contribution < -0.4 is 4.74 Å². The molecule has 0 N–H and O–H groups in total. The average molecular weight is 303 g/mol. The normalized spacial score (nSPS) is 11.0. The van der Waals surface area contributed by atoms with Gasteiger partial charge in [-0.3, -0.25) is 4.79 Å². The van der Waals surface area contributed by atoms with Gasteiger partial charge in [0.05, 0.1) is 0 Å². The van der Waals surface area contributed by atoms with Crippen molar-refractivity contribution < 1.29 is 14.3 Å². The summed E-state index contributed by atoms with van der Waals surface area (Å²) in [4.78, 5) is 21.4. The summed E-state index contributed by atoms with van der Waals surface area (Å²) in [7, 11) is 0. The number of rotatable bonds is 4. The van der Waals surface area contributed by atoms with Gasteiger partial charge in [0, 0.05) is 22.6 Å². The lowest BCUT2D eigenvalue weighted by atomic mass is 9.78. The van der Waals surface area contributed by atoms with E-state index >= 15 is 0 Å². The van der Waals surface area contributed by atoms with Gasteiger partial charge < -0.3 is 4.74 Å². The Bertz CT molecular complexity index is 643. The van der Waals surface area contributed by atoms with E-state index in [0.717, 1.165) is 17.4 Å². The van der Waals surface area contributed by atoms with Gasteiger partial charge in [-0.2, -0.15) is 0 Å². The number of aldehydes is 1. The van der Waals surface area contributed by atoms with Crippen LogP contribution in [0.1, 0.15) is 35.3 Å². The summed E-state index contributed by atoms with van der Waals surface area (Å²) in [5.74, 6) is 0.408. The van der Waals surface area contributed by atoms with E-state index in [1.54, 1.807) is 24.3 Å². The lowest BCUT2D eigenvalue weighted by molar-refractivity contribution is 0.112. The van der Waals surface area contributed by atoms with Crippen molar-refractivity contribution in [1.29, 1.82) is 0 Å². The molecule has 0 fully saturated rings. The molecular formula is C17H15ClO3. The number of carbonyl (C=O) groups is 2. The molecule has 0 bridgehead atoms. The highest BCUT2D eigenvalue weighted by molar-refractivity contribution is 6.61. The zero-order valence-electron chi connectivity index (χ0n) is 11.8. The van der Waals surface area contributed by atoms with E-state index in [1.165, 1.54) is 0 Å². The number of ether oxygens (including phenoxy) is 1. The van der Waals surface area contributed by atoms with Crippen molar-refractivity contribution in [1.82, 2.24) is 0 Å². The summed E-state index contributed by atoms with van der Waals surface area (Å²) in [5.41, 5.74) is 1.72. The molecule has 0 aliphatic carbocycles. The highest BCUT2D eigenvalue weighted by atomic mass is 35.5. The average Bonchev–Trinajstić information content (AvgIpc) is 2.47. The largest absolute Gasteiger partial charge is 0.415 e. The van der Waals surface area contributed by atoms with Crippen molar-refractivity contribution in [3.05, 3.63) is 65.2 Å². The molecule has 0 amide bonds. The first kappa shape index (κ1) is 15.3. The second-order valence-electron chi connectivity index (χ2n) is 5.23. The van der Waals surface area contributed by atoms with Crippen molar-refractivity contribution in [2.75, 3.05) is 0 Å². The molecule has 0 saturated heterocycles. The second kappa shape index (κ2) is 6.10. The van der Waals surface area contributed by atoms with Crippen molar-refractivity contribution in [3.63, 3.8) is 0 Å². The standard InChI is InChI=1S/C17H15ClO3/c1-17(2,13-5-3-12(11-19)4-6-13)14-7-9-15(10-8-14)21-16(18)20/h3-11H,1-2H3. The van der Waals surface area contributed by atoms with E-state index in [9.17, 15) is 9.59 Å². The van der Waals surface area contributed by atoms with Crippen LogP contribution in [0, 0.1) is 0 Å². The van der Waals surface area contributed by atoms with E-state index in [2.05, 4.69) is 13.8 Å². The van der Waals surface area contributed by atoms with Gasteiger partial charge in [0.2, 0.25) is 0 Å². The van der Waals surface area contributed by atoms with Gasteiger partial charge in [0.15, 0.2) is 0 Å². The molecule has 3 nitrogen and oxygen atoms in total. The van der Waals surface area contributed by atoms with Gasteiger partial charge in [-0.25, -0.2) is 4.79 Å². The fourth-order valence-corrected chi connectivity index (χ4v) is 2.27. The molecule has 2 aromatic rings. The molecule has 0 atom stereocenters. The Labute approximate surface area is 128 Å². The van der Waals surface area contributed by atoms with Crippen molar-refractivity contribution in [2.24, 2.45) is 0 Å². The molecular weight excluding hydrogens is 288 g/mol. The summed E-state index contributed by atoms with van der Waals surface area (Å²) in [5, 5.41) is 0. The second-order valence-corrected chi connectivity index (χ2v) is 5.54. The van der Waals surface area contributed by atoms with Gasteiger partial charge in [0.1, 0.15) is 12.0 Å². The van der Waals surface area contributed by atoms with Crippen LogP contribution in [-0.2, 0) is 5.41 Å². The Hall–Kier alpha value is -2.13. The van der Waals surface area contributed by atoms with Crippen molar-refractivity contribution in [2.45, 2.75) is 19.3 Å². The molecule has 0 heterocycles. The molecule has 0 radical (unpaired) electrons. The Kier molecular flexibility index (Phi) is 4.43. The predicted octanol–water partition coefficient (Wildman–Crippen LogP) is 4.56. The van der Waals surface area contributed by atoms with Crippen LogP contribution >= 0.6 is 11.6 Å². The lowest BCUT2D eigenvalue weighted by Gasteiger charge is -2.26. The van der Waals surface area contributed by atoms with Crippen LogP contribution in [0.5, 0.6) is 5.75 Å². The zero-order valence-corrected chi connectivity index (χ0v) is 12.6. The maximum atomic E-state index is 10.7. The molecule has 0 aliphatic heterocycles. The van der Waals surface area contributed by atoms with Crippen molar-refractivity contribution >= 4 is 23.3 Å². The van der Waals surface area contributed by atoms with Gasteiger partial charge in [-0.15, -0.1) is 0 Å². The van der Waals surface area contributed by atoms with E-state index < -0.39 is 5.43 Å². The molecule has 0 aromatic heterocycles. The zero-order chi connectivity index (χ0) is 15.5. The summed E-state index contributed by atoms with van der Waals surface area (Å²) >= 11 is 5.18. The molecule has 2 rings (SSSR count). The Balaban J connectivity index is 2.29.